The van der Waals surface area contributed by atoms with Gasteiger partial charge in [0.25, 0.3) is 0 Å². The molecule has 2 N–H and O–H groups in total. The van der Waals surface area contributed by atoms with E-state index in [1.807, 2.05) is 24.3 Å². The largest absolute Gasteiger partial charge is 0.314 e. The van der Waals surface area contributed by atoms with Crippen LogP contribution < -0.4 is 10.6 Å². The lowest BCUT2D eigenvalue weighted by Crippen LogP contribution is -2.51. The second-order valence-corrected chi connectivity index (χ2v) is 9.72. The molecule has 0 aromatic carbocycles. The number of hydrogen-bond donors (Lipinski definition) is 2. The third-order valence-corrected chi connectivity index (χ3v) is 5.65. The van der Waals surface area contributed by atoms with Crippen LogP contribution in [0.5, 0.6) is 0 Å². The van der Waals surface area contributed by atoms with Crippen LogP contribution in [0.3, 0.4) is 0 Å². The molecule has 2 aliphatic rings. The number of nitrogens with one attached hydrogen (secondary N) is 2. The molecule has 1 aliphatic carbocycles. The molecule has 0 amide bonds. The fourth-order valence-electron chi connectivity index (χ4n) is 4.43. The van der Waals surface area contributed by atoms with E-state index in [1.54, 1.807) is 0 Å². The average Bonchev–Trinajstić information content (AvgIpc) is 3.00. The van der Waals surface area contributed by atoms with Crippen LogP contribution in [-0.4, -0.2) is 23.7 Å². The predicted octanol–water partition coefficient (Wildman–Crippen LogP) is 6.16. The van der Waals surface area contributed by atoms with Gasteiger partial charge >= 0.3 is 0 Å². The minimum Gasteiger partial charge on any atom is -0.314 e. The smallest absolute Gasteiger partial charge is 0.0276 e. The Morgan fingerprint density at radius 3 is 2.87 bits per heavy atom. The zero-order chi connectivity index (χ0) is 21.9. The van der Waals surface area contributed by atoms with Gasteiger partial charge in [-0.05, 0) is 90.5 Å². The van der Waals surface area contributed by atoms with Gasteiger partial charge in [-0.2, -0.15) is 0 Å². The standard InChI is InChI=1S/C28H40N2/c1-6-7-16-24(25-18-12-8-9-13-19-25)17-14-10-11-15-22-29-26-20-21-27(2,3)30-28(4,5)23-26/h1,8-9,12-14,16-18,26,29-30H,7,10-11,15,20-23H2,2-5H3/b17-14-,24-16+. The molecule has 30 heavy (non-hydrogen) atoms. The normalized spacial score (nSPS) is 23.1. The highest BCUT2D eigenvalue weighted by atomic mass is 15.1. The summed E-state index contributed by atoms with van der Waals surface area (Å²) >= 11 is 0. The highest BCUT2D eigenvalue weighted by molar-refractivity contribution is 5.48. The van der Waals surface area contributed by atoms with Gasteiger partial charge in [-0.25, -0.2) is 0 Å². The molecule has 0 radical (unpaired) electrons. The van der Waals surface area contributed by atoms with Gasteiger partial charge in [0.05, 0.1) is 0 Å². The van der Waals surface area contributed by atoms with Gasteiger partial charge in [-0.3, -0.25) is 0 Å². The summed E-state index contributed by atoms with van der Waals surface area (Å²) in [5.41, 5.74) is 5.97. The Labute approximate surface area is 185 Å². The van der Waals surface area contributed by atoms with Crippen molar-refractivity contribution < 1.29 is 0 Å². The summed E-state index contributed by atoms with van der Waals surface area (Å²) in [6.45, 7) is 10.4. The third kappa shape index (κ3) is 9.19. The van der Waals surface area contributed by atoms with Gasteiger partial charge in [0.2, 0.25) is 0 Å². The van der Waals surface area contributed by atoms with Crippen LogP contribution in [0, 0.1) is 12.3 Å². The van der Waals surface area contributed by atoms with Gasteiger partial charge < -0.3 is 10.6 Å². The van der Waals surface area contributed by atoms with E-state index >= 15 is 0 Å². The third-order valence-electron chi connectivity index (χ3n) is 5.65. The number of rotatable bonds is 9. The van der Waals surface area contributed by atoms with E-state index in [2.05, 4.69) is 74.3 Å². The quantitative estimate of drug-likeness (QED) is 0.208. The van der Waals surface area contributed by atoms with E-state index in [4.69, 9.17) is 6.42 Å². The van der Waals surface area contributed by atoms with Crippen molar-refractivity contribution in [3.05, 3.63) is 65.5 Å². The van der Waals surface area contributed by atoms with Gasteiger partial charge in [-0.15, -0.1) is 18.1 Å². The van der Waals surface area contributed by atoms with Crippen molar-refractivity contribution in [1.29, 1.82) is 0 Å². The first kappa shape index (κ1) is 24.2. The molecule has 0 spiro atoms. The average molecular weight is 405 g/mol. The van der Waals surface area contributed by atoms with E-state index in [0.29, 0.717) is 12.5 Å². The Balaban J connectivity index is 1.75. The maximum Gasteiger partial charge on any atom is 0.0276 e. The van der Waals surface area contributed by atoms with Gasteiger partial charge in [0.15, 0.2) is 0 Å². The van der Waals surface area contributed by atoms with Gasteiger partial charge in [0.1, 0.15) is 0 Å². The second kappa shape index (κ2) is 12.0. The SMILES string of the molecule is C#CC/C=C(\C=C/CCCCNC1CCC(C)(C)NC(C)(C)C1)C1=C=CC=CC=C1. The van der Waals surface area contributed by atoms with Crippen molar-refractivity contribution in [3.8, 4) is 12.3 Å². The summed E-state index contributed by atoms with van der Waals surface area (Å²) in [4.78, 5) is 0. The Morgan fingerprint density at radius 1 is 1.23 bits per heavy atom. The summed E-state index contributed by atoms with van der Waals surface area (Å²) < 4.78 is 0. The topological polar surface area (TPSA) is 24.1 Å². The molecule has 0 aromatic rings. The Bertz CT molecular complexity index is 774. The maximum absolute atomic E-state index is 5.45. The molecule has 1 heterocycles. The van der Waals surface area contributed by atoms with Crippen molar-refractivity contribution in [2.24, 2.45) is 0 Å². The lowest BCUT2D eigenvalue weighted by atomic mass is 9.95. The minimum absolute atomic E-state index is 0.187. The molecule has 2 heteroatoms. The minimum atomic E-state index is 0.187. The van der Waals surface area contributed by atoms with Crippen LogP contribution in [0.2, 0.25) is 0 Å². The molecule has 162 valence electrons. The monoisotopic (exact) mass is 404 g/mol. The lowest BCUT2D eigenvalue weighted by molar-refractivity contribution is 0.264. The van der Waals surface area contributed by atoms with E-state index in [-0.39, 0.29) is 11.1 Å². The van der Waals surface area contributed by atoms with E-state index < -0.39 is 0 Å². The summed E-state index contributed by atoms with van der Waals surface area (Å²) in [6.07, 6.45) is 29.9. The van der Waals surface area contributed by atoms with Crippen LogP contribution in [0.4, 0.5) is 0 Å². The fourth-order valence-corrected chi connectivity index (χ4v) is 4.43. The molecular formula is C28H40N2. The number of allylic oxidation sites excluding steroid dienone is 9. The van der Waals surface area contributed by atoms with Crippen LogP contribution in [0.15, 0.2) is 65.5 Å². The maximum atomic E-state index is 5.45. The van der Waals surface area contributed by atoms with Crippen molar-refractivity contribution in [1.82, 2.24) is 10.6 Å². The second-order valence-electron chi connectivity index (χ2n) is 9.72. The van der Waals surface area contributed by atoms with Gasteiger partial charge in [0, 0.05) is 29.1 Å². The van der Waals surface area contributed by atoms with Crippen LogP contribution in [-0.2, 0) is 0 Å². The highest BCUT2D eigenvalue weighted by Crippen LogP contribution is 2.27. The molecule has 1 saturated heterocycles. The van der Waals surface area contributed by atoms with Crippen LogP contribution >= 0.6 is 0 Å². The van der Waals surface area contributed by atoms with Crippen molar-refractivity contribution in [3.63, 3.8) is 0 Å². The van der Waals surface area contributed by atoms with Crippen molar-refractivity contribution in [2.75, 3.05) is 6.54 Å². The highest BCUT2D eigenvalue weighted by Gasteiger charge is 2.33. The summed E-state index contributed by atoms with van der Waals surface area (Å²) in [7, 11) is 0. The zero-order valence-corrected chi connectivity index (χ0v) is 19.4. The number of unbranched alkanes of at least 4 members (excludes halogenated alkanes) is 2. The molecule has 0 aromatic heterocycles. The molecule has 1 unspecified atom stereocenters. The first-order chi connectivity index (χ1) is 14.3. The van der Waals surface area contributed by atoms with Gasteiger partial charge in [-0.1, -0.05) is 36.5 Å². The number of terminal acetylenes is 1. The summed E-state index contributed by atoms with van der Waals surface area (Å²) in [5, 5.41) is 7.62. The van der Waals surface area contributed by atoms with Crippen LogP contribution in [0.25, 0.3) is 0 Å². The number of hydrogen-bond acceptors (Lipinski definition) is 2. The molecule has 1 aliphatic heterocycles. The van der Waals surface area contributed by atoms with Crippen LogP contribution in [0.1, 0.15) is 72.6 Å². The first-order valence-electron chi connectivity index (χ1n) is 11.4. The Morgan fingerprint density at radius 2 is 2.07 bits per heavy atom. The molecule has 2 rings (SSSR count). The molecule has 1 atom stereocenters. The van der Waals surface area contributed by atoms with E-state index in [9.17, 15) is 0 Å². The molecule has 1 fully saturated rings. The summed E-state index contributed by atoms with van der Waals surface area (Å²) in [5.74, 6) is 2.70. The molecular weight excluding hydrogens is 364 g/mol. The van der Waals surface area contributed by atoms with Crippen molar-refractivity contribution >= 4 is 0 Å². The fraction of sp³-hybridized carbons (Fsp3) is 0.536. The van der Waals surface area contributed by atoms with Crippen molar-refractivity contribution in [2.45, 2.75) is 89.8 Å². The Hall–Kier alpha value is -2.04. The lowest BCUT2D eigenvalue weighted by Gasteiger charge is -2.35. The van der Waals surface area contributed by atoms with E-state index in [1.165, 1.54) is 32.1 Å². The molecule has 2 nitrogen and oxygen atoms in total. The zero-order valence-electron chi connectivity index (χ0n) is 19.4. The first-order valence-corrected chi connectivity index (χ1v) is 11.4. The Kier molecular flexibility index (Phi) is 9.67. The molecule has 0 bridgehead atoms. The summed E-state index contributed by atoms with van der Waals surface area (Å²) in [6, 6.07) is 0.609. The predicted molar refractivity (Wildman–Crippen MR) is 131 cm³/mol. The molecule has 0 saturated carbocycles. The van der Waals surface area contributed by atoms with E-state index in [0.717, 1.165) is 24.1 Å².